The van der Waals surface area contributed by atoms with Crippen LogP contribution in [0.1, 0.15) is 32.1 Å². The Hall–Kier alpha value is -0.590. The van der Waals surface area contributed by atoms with Gasteiger partial charge in [0.05, 0.1) is 12.6 Å². The Morgan fingerprint density at radius 1 is 0.938 bits per heavy atom. The second-order valence-corrected chi connectivity index (χ2v) is 5.24. The van der Waals surface area contributed by atoms with Crippen LogP contribution in [0.25, 0.3) is 0 Å². The minimum absolute atomic E-state index is 0.608. The first-order chi connectivity index (χ1) is 7.88. The molecule has 1 saturated carbocycles. The van der Waals surface area contributed by atoms with Gasteiger partial charge in [0.15, 0.2) is 0 Å². The predicted molar refractivity (Wildman–Crippen MR) is 65.1 cm³/mol. The highest BCUT2D eigenvalue weighted by Gasteiger charge is 2.20. The highest BCUT2D eigenvalue weighted by atomic mass is 15.3. The fourth-order valence-corrected chi connectivity index (χ4v) is 2.96. The van der Waals surface area contributed by atoms with Crippen LogP contribution in [0.5, 0.6) is 0 Å². The molecule has 1 saturated heterocycles. The molecule has 0 spiro atoms. The first-order valence-corrected chi connectivity index (χ1v) is 6.70. The molecule has 2 aliphatic rings. The molecule has 0 amide bonds. The average Bonchev–Trinajstić information content (AvgIpc) is 2.33. The minimum atomic E-state index is 0.608. The maximum absolute atomic E-state index is 8.64. The van der Waals surface area contributed by atoms with E-state index in [1.165, 1.54) is 38.6 Å². The van der Waals surface area contributed by atoms with Crippen molar-refractivity contribution in [2.75, 3.05) is 39.3 Å². The van der Waals surface area contributed by atoms with E-state index < -0.39 is 0 Å². The average molecular weight is 221 g/mol. The first-order valence-electron chi connectivity index (χ1n) is 6.70. The molecule has 3 nitrogen and oxygen atoms in total. The SMILES string of the molecule is N#CCN1CCN(CC2CCCCC2)CC1. The van der Waals surface area contributed by atoms with Gasteiger partial charge in [0, 0.05) is 32.7 Å². The Morgan fingerprint density at radius 3 is 2.19 bits per heavy atom. The molecule has 90 valence electrons. The summed E-state index contributed by atoms with van der Waals surface area (Å²) in [5, 5.41) is 8.64. The van der Waals surface area contributed by atoms with Crippen LogP contribution in [0.4, 0.5) is 0 Å². The zero-order chi connectivity index (χ0) is 11.2. The highest BCUT2D eigenvalue weighted by molar-refractivity contribution is 4.82. The van der Waals surface area contributed by atoms with Gasteiger partial charge in [-0.2, -0.15) is 5.26 Å². The van der Waals surface area contributed by atoms with E-state index in [2.05, 4.69) is 15.9 Å². The molecule has 2 fully saturated rings. The van der Waals surface area contributed by atoms with Crippen LogP contribution in [0.3, 0.4) is 0 Å². The number of nitriles is 1. The van der Waals surface area contributed by atoms with Gasteiger partial charge in [0.2, 0.25) is 0 Å². The van der Waals surface area contributed by atoms with Crippen LogP contribution in [0, 0.1) is 17.2 Å². The van der Waals surface area contributed by atoms with Crippen LogP contribution in [-0.4, -0.2) is 49.1 Å². The number of piperazine rings is 1. The zero-order valence-corrected chi connectivity index (χ0v) is 10.2. The summed E-state index contributed by atoms with van der Waals surface area (Å²) in [6.07, 6.45) is 7.22. The Labute approximate surface area is 99.0 Å². The molecule has 1 aliphatic heterocycles. The monoisotopic (exact) mass is 221 g/mol. The zero-order valence-electron chi connectivity index (χ0n) is 10.2. The van der Waals surface area contributed by atoms with Crippen molar-refractivity contribution in [3.8, 4) is 6.07 Å². The van der Waals surface area contributed by atoms with E-state index in [4.69, 9.17) is 5.26 Å². The lowest BCUT2D eigenvalue weighted by Crippen LogP contribution is -2.47. The second kappa shape index (κ2) is 6.22. The Bertz CT molecular complexity index is 232. The third-order valence-corrected chi connectivity index (χ3v) is 4.00. The molecule has 3 heteroatoms. The van der Waals surface area contributed by atoms with Crippen LogP contribution in [0.15, 0.2) is 0 Å². The van der Waals surface area contributed by atoms with Crippen LogP contribution in [0.2, 0.25) is 0 Å². The fourth-order valence-electron chi connectivity index (χ4n) is 2.96. The van der Waals surface area contributed by atoms with E-state index in [0.717, 1.165) is 32.1 Å². The van der Waals surface area contributed by atoms with Crippen molar-refractivity contribution in [1.29, 1.82) is 5.26 Å². The number of hydrogen-bond acceptors (Lipinski definition) is 3. The van der Waals surface area contributed by atoms with Crippen molar-refractivity contribution in [3.63, 3.8) is 0 Å². The lowest BCUT2D eigenvalue weighted by molar-refractivity contribution is 0.118. The molecule has 0 unspecified atom stereocenters. The standard InChI is InChI=1S/C13H23N3/c14-6-7-15-8-10-16(11-9-15)12-13-4-2-1-3-5-13/h13H,1-5,7-12H2. The summed E-state index contributed by atoms with van der Waals surface area (Å²) in [4.78, 5) is 4.86. The van der Waals surface area contributed by atoms with Crippen molar-refractivity contribution < 1.29 is 0 Å². The molecule has 1 aliphatic carbocycles. The summed E-state index contributed by atoms with van der Waals surface area (Å²) < 4.78 is 0. The highest BCUT2D eigenvalue weighted by Crippen LogP contribution is 2.24. The number of rotatable bonds is 3. The maximum atomic E-state index is 8.64. The summed E-state index contributed by atoms with van der Waals surface area (Å²) in [7, 11) is 0. The second-order valence-electron chi connectivity index (χ2n) is 5.24. The molecule has 0 aromatic rings. The van der Waals surface area contributed by atoms with Gasteiger partial charge in [-0.25, -0.2) is 0 Å². The third-order valence-electron chi connectivity index (χ3n) is 4.00. The Morgan fingerprint density at radius 2 is 1.56 bits per heavy atom. The van der Waals surface area contributed by atoms with Gasteiger partial charge in [-0.1, -0.05) is 19.3 Å². The largest absolute Gasteiger partial charge is 0.301 e. The topological polar surface area (TPSA) is 30.3 Å². The van der Waals surface area contributed by atoms with E-state index in [9.17, 15) is 0 Å². The summed E-state index contributed by atoms with van der Waals surface area (Å²) in [6, 6.07) is 2.24. The molecule has 2 rings (SSSR count). The van der Waals surface area contributed by atoms with Gasteiger partial charge >= 0.3 is 0 Å². The van der Waals surface area contributed by atoms with Crippen molar-refractivity contribution in [1.82, 2.24) is 9.80 Å². The lowest BCUT2D eigenvalue weighted by atomic mass is 9.89. The molecular weight excluding hydrogens is 198 g/mol. The molecule has 1 heterocycles. The van der Waals surface area contributed by atoms with Crippen molar-refractivity contribution >= 4 is 0 Å². The molecule has 0 aromatic heterocycles. The van der Waals surface area contributed by atoms with E-state index >= 15 is 0 Å². The molecule has 16 heavy (non-hydrogen) atoms. The van der Waals surface area contributed by atoms with Gasteiger partial charge < -0.3 is 4.90 Å². The first kappa shape index (κ1) is 11.9. The van der Waals surface area contributed by atoms with E-state index in [0.29, 0.717) is 6.54 Å². The summed E-state index contributed by atoms with van der Waals surface area (Å²) in [5.74, 6) is 0.955. The van der Waals surface area contributed by atoms with Crippen molar-refractivity contribution in [3.05, 3.63) is 0 Å². The summed E-state index contributed by atoms with van der Waals surface area (Å²) >= 11 is 0. The van der Waals surface area contributed by atoms with Crippen LogP contribution in [-0.2, 0) is 0 Å². The third kappa shape index (κ3) is 3.47. The van der Waals surface area contributed by atoms with Crippen LogP contribution < -0.4 is 0 Å². The van der Waals surface area contributed by atoms with Gasteiger partial charge in [-0.3, -0.25) is 4.90 Å². The molecule has 0 radical (unpaired) electrons. The minimum Gasteiger partial charge on any atom is -0.301 e. The maximum Gasteiger partial charge on any atom is 0.0866 e. The Balaban J connectivity index is 1.66. The molecular formula is C13H23N3. The van der Waals surface area contributed by atoms with Crippen molar-refractivity contribution in [2.24, 2.45) is 5.92 Å². The predicted octanol–water partition coefficient (Wildman–Crippen LogP) is 1.71. The lowest BCUT2D eigenvalue weighted by Gasteiger charge is -2.36. The number of nitrogens with zero attached hydrogens (tertiary/aromatic N) is 3. The summed E-state index contributed by atoms with van der Waals surface area (Å²) in [5.41, 5.74) is 0. The van der Waals surface area contributed by atoms with Crippen LogP contribution >= 0.6 is 0 Å². The van der Waals surface area contributed by atoms with Gasteiger partial charge in [0.1, 0.15) is 0 Å². The normalized spacial score (nSPS) is 25.4. The smallest absolute Gasteiger partial charge is 0.0866 e. The quantitative estimate of drug-likeness (QED) is 0.680. The summed E-state index contributed by atoms with van der Waals surface area (Å²) in [6.45, 7) is 6.41. The van der Waals surface area contributed by atoms with Crippen molar-refractivity contribution in [2.45, 2.75) is 32.1 Å². The van der Waals surface area contributed by atoms with Gasteiger partial charge in [-0.05, 0) is 18.8 Å². The van der Waals surface area contributed by atoms with E-state index in [-0.39, 0.29) is 0 Å². The van der Waals surface area contributed by atoms with Gasteiger partial charge in [-0.15, -0.1) is 0 Å². The molecule has 0 atom stereocenters. The molecule has 0 bridgehead atoms. The molecule has 0 aromatic carbocycles. The van der Waals surface area contributed by atoms with E-state index in [1.807, 2.05) is 0 Å². The van der Waals surface area contributed by atoms with Gasteiger partial charge in [0.25, 0.3) is 0 Å². The Kier molecular flexibility index (Phi) is 4.62. The fraction of sp³-hybridized carbons (Fsp3) is 0.923. The van der Waals surface area contributed by atoms with E-state index in [1.54, 1.807) is 0 Å². The molecule has 0 N–H and O–H groups in total. The number of hydrogen-bond donors (Lipinski definition) is 0.